The minimum Gasteiger partial charge on any atom is -0.346 e. The first kappa shape index (κ1) is 11.0. The van der Waals surface area contributed by atoms with Gasteiger partial charge < -0.3 is 4.81 Å². The molecule has 4 nitrogen and oxygen atoms in total. The first-order chi connectivity index (χ1) is 8.25. The third-order valence-corrected chi connectivity index (χ3v) is 3.50. The predicted molar refractivity (Wildman–Crippen MR) is 67.0 cm³/mol. The maximum atomic E-state index is 6.06. The van der Waals surface area contributed by atoms with E-state index in [1.165, 1.54) is 6.42 Å². The zero-order chi connectivity index (χ0) is 11.8. The molecular weight excluding hydrogens is 234 g/mol. The number of hydrogen-bond donors (Lipinski definition) is 0. The summed E-state index contributed by atoms with van der Waals surface area (Å²) in [5.41, 5.74) is 1.72. The van der Waals surface area contributed by atoms with Crippen LogP contribution in [0, 0.1) is 0 Å². The summed E-state index contributed by atoms with van der Waals surface area (Å²) in [6, 6.07) is 3.87. The van der Waals surface area contributed by atoms with Crippen LogP contribution in [0.15, 0.2) is 18.3 Å². The SMILES string of the molecule is [B]N1CCCC[C@H]1c1cc2nccc(Cl)n2n1. The van der Waals surface area contributed by atoms with Gasteiger partial charge >= 0.3 is 0 Å². The molecule has 0 bridgehead atoms. The highest BCUT2D eigenvalue weighted by molar-refractivity contribution is 6.29. The van der Waals surface area contributed by atoms with Crippen LogP contribution in [0.5, 0.6) is 0 Å². The fraction of sp³-hybridized carbons (Fsp3) is 0.455. The van der Waals surface area contributed by atoms with Crippen LogP contribution >= 0.6 is 11.6 Å². The number of fused-ring (bicyclic) bond motifs is 1. The van der Waals surface area contributed by atoms with Gasteiger partial charge in [0, 0.05) is 18.3 Å². The highest BCUT2D eigenvalue weighted by Gasteiger charge is 2.23. The minimum absolute atomic E-state index is 0.182. The lowest BCUT2D eigenvalue weighted by Crippen LogP contribution is -2.31. The van der Waals surface area contributed by atoms with Gasteiger partial charge in [-0.3, -0.25) is 0 Å². The predicted octanol–water partition coefficient (Wildman–Crippen LogP) is 1.99. The lowest BCUT2D eigenvalue weighted by molar-refractivity contribution is 0.261. The summed E-state index contributed by atoms with van der Waals surface area (Å²) in [5, 5.41) is 5.06. The first-order valence-electron chi connectivity index (χ1n) is 5.77. The Hall–Kier alpha value is -1.07. The van der Waals surface area contributed by atoms with E-state index in [-0.39, 0.29) is 6.04 Å². The summed E-state index contributed by atoms with van der Waals surface area (Å²) in [4.78, 5) is 6.10. The summed E-state index contributed by atoms with van der Waals surface area (Å²) in [7, 11) is 6.00. The van der Waals surface area contributed by atoms with Crippen LogP contribution in [0.3, 0.4) is 0 Å². The van der Waals surface area contributed by atoms with Gasteiger partial charge in [0.25, 0.3) is 0 Å². The molecule has 0 aliphatic carbocycles. The molecule has 6 heteroatoms. The van der Waals surface area contributed by atoms with Crippen molar-refractivity contribution in [2.45, 2.75) is 25.3 Å². The van der Waals surface area contributed by atoms with E-state index in [1.807, 2.05) is 10.9 Å². The molecule has 2 aromatic rings. The molecule has 1 saturated heterocycles. The van der Waals surface area contributed by atoms with Crippen molar-refractivity contribution in [3.05, 3.63) is 29.2 Å². The van der Waals surface area contributed by atoms with Gasteiger partial charge in [0.15, 0.2) is 13.6 Å². The van der Waals surface area contributed by atoms with Gasteiger partial charge in [-0.05, 0) is 25.5 Å². The van der Waals surface area contributed by atoms with Gasteiger partial charge in [-0.1, -0.05) is 18.0 Å². The third kappa shape index (κ3) is 1.94. The second kappa shape index (κ2) is 4.31. The molecule has 0 aromatic carbocycles. The standard InChI is InChI=1S/C11H12BClN4/c12-16-6-2-1-3-9(16)8-7-11-14-5-4-10(13)17(11)15-8/h4-5,7,9H,1-3,6H2/t9-/m0/s1. The number of nitrogens with zero attached hydrogens (tertiary/aromatic N) is 4. The van der Waals surface area contributed by atoms with Crippen molar-refractivity contribution in [2.75, 3.05) is 6.54 Å². The Bertz CT molecular complexity index is 541. The molecule has 1 fully saturated rings. The van der Waals surface area contributed by atoms with Crippen molar-refractivity contribution < 1.29 is 0 Å². The fourth-order valence-corrected chi connectivity index (χ4v) is 2.50. The Kier molecular flexibility index (Phi) is 2.80. The van der Waals surface area contributed by atoms with Crippen molar-refractivity contribution >= 4 is 25.2 Å². The topological polar surface area (TPSA) is 33.4 Å². The van der Waals surface area contributed by atoms with Crippen LogP contribution in [-0.2, 0) is 0 Å². The smallest absolute Gasteiger partial charge is 0.183 e. The van der Waals surface area contributed by atoms with E-state index >= 15 is 0 Å². The van der Waals surface area contributed by atoms with E-state index in [2.05, 4.69) is 10.1 Å². The van der Waals surface area contributed by atoms with E-state index in [4.69, 9.17) is 19.6 Å². The summed E-state index contributed by atoms with van der Waals surface area (Å²) < 4.78 is 1.65. The molecule has 1 aliphatic heterocycles. The number of piperidine rings is 1. The fourth-order valence-electron chi connectivity index (χ4n) is 2.32. The zero-order valence-corrected chi connectivity index (χ0v) is 10.1. The highest BCUT2D eigenvalue weighted by atomic mass is 35.5. The van der Waals surface area contributed by atoms with E-state index < -0.39 is 0 Å². The maximum Gasteiger partial charge on any atom is 0.183 e. The molecule has 3 rings (SSSR count). The molecule has 0 spiro atoms. The van der Waals surface area contributed by atoms with Gasteiger partial charge in [0.05, 0.1) is 5.69 Å². The van der Waals surface area contributed by atoms with Crippen molar-refractivity contribution in [3.8, 4) is 0 Å². The van der Waals surface area contributed by atoms with E-state index in [0.29, 0.717) is 5.15 Å². The Balaban J connectivity index is 2.02. The summed E-state index contributed by atoms with van der Waals surface area (Å²) in [6.45, 7) is 0.916. The maximum absolute atomic E-state index is 6.06. The molecule has 2 aromatic heterocycles. The Morgan fingerprint density at radius 3 is 3.06 bits per heavy atom. The molecule has 0 saturated carbocycles. The Labute approximate surface area is 106 Å². The molecule has 0 unspecified atom stereocenters. The van der Waals surface area contributed by atoms with Crippen molar-refractivity contribution in [1.29, 1.82) is 0 Å². The Morgan fingerprint density at radius 1 is 1.41 bits per heavy atom. The lowest BCUT2D eigenvalue weighted by atomic mass is 9.96. The Morgan fingerprint density at radius 2 is 2.29 bits per heavy atom. The molecule has 1 atom stereocenters. The normalized spacial score (nSPS) is 22.1. The second-order valence-corrected chi connectivity index (χ2v) is 4.74. The van der Waals surface area contributed by atoms with Crippen LogP contribution in [-0.4, -0.2) is 33.9 Å². The minimum atomic E-state index is 0.182. The first-order valence-corrected chi connectivity index (χ1v) is 6.15. The van der Waals surface area contributed by atoms with Gasteiger partial charge in [-0.25, -0.2) is 9.50 Å². The lowest BCUT2D eigenvalue weighted by Gasteiger charge is -2.31. The molecule has 2 radical (unpaired) electrons. The quantitative estimate of drug-likeness (QED) is 0.570. The van der Waals surface area contributed by atoms with Gasteiger partial charge in [0.2, 0.25) is 0 Å². The molecule has 3 heterocycles. The van der Waals surface area contributed by atoms with Gasteiger partial charge in [-0.15, -0.1) is 0 Å². The second-order valence-electron chi connectivity index (χ2n) is 4.36. The van der Waals surface area contributed by atoms with E-state index in [1.54, 1.807) is 16.8 Å². The number of aromatic nitrogens is 3. The van der Waals surface area contributed by atoms with Crippen LogP contribution in [0.1, 0.15) is 31.0 Å². The highest BCUT2D eigenvalue weighted by Crippen LogP contribution is 2.29. The number of halogens is 1. The van der Waals surface area contributed by atoms with Crippen LogP contribution in [0.2, 0.25) is 5.15 Å². The van der Waals surface area contributed by atoms with Gasteiger partial charge in [-0.2, -0.15) is 5.10 Å². The molecule has 1 aliphatic rings. The summed E-state index contributed by atoms with van der Waals surface area (Å²) in [5.74, 6) is 0. The van der Waals surface area contributed by atoms with Crippen LogP contribution in [0.25, 0.3) is 5.65 Å². The van der Waals surface area contributed by atoms with Crippen molar-refractivity contribution in [3.63, 3.8) is 0 Å². The van der Waals surface area contributed by atoms with E-state index in [0.717, 1.165) is 30.7 Å². The average molecular weight is 247 g/mol. The molecule has 0 amide bonds. The number of rotatable bonds is 1. The molecule has 17 heavy (non-hydrogen) atoms. The zero-order valence-electron chi connectivity index (χ0n) is 9.38. The number of hydrogen-bond acceptors (Lipinski definition) is 3. The van der Waals surface area contributed by atoms with Crippen molar-refractivity contribution in [2.24, 2.45) is 0 Å². The van der Waals surface area contributed by atoms with Crippen LogP contribution < -0.4 is 0 Å². The third-order valence-electron chi connectivity index (χ3n) is 3.22. The average Bonchev–Trinajstić information content (AvgIpc) is 2.75. The van der Waals surface area contributed by atoms with Gasteiger partial charge in [0.1, 0.15) is 5.15 Å². The van der Waals surface area contributed by atoms with E-state index in [9.17, 15) is 0 Å². The summed E-state index contributed by atoms with van der Waals surface area (Å²) in [6.07, 6.45) is 5.06. The molecule has 86 valence electrons. The van der Waals surface area contributed by atoms with Crippen molar-refractivity contribution in [1.82, 2.24) is 19.4 Å². The molecular formula is C11H12BClN4. The molecule has 0 N–H and O–H groups in total. The monoisotopic (exact) mass is 246 g/mol. The summed E-state index contributed by atoms with van der Waals surface area (Å²) >= 11 is 6.06. The largest absolute Gasteiger partial charge is 0.346 e. The van der Waals surface area contributed by atoms with Crippen LogP contribution in [0.4, 0.5) is 0 Å².